The molecule has 1 aromatic carbocycles. The van der Waals surface area contributed by atoms with E-state index in [4.69, 9.17) is 4.42 Å². The highest BCUT2D eigenvalue weighted by Gasteiger charge is 2.22. The van der Waals surface area contributed by atoms with Crippen LogP contribution in [0.3, 0.4) is 0 Å². The van der Waals surface area contributed by atoms with Crippen LogP contribution >= 0.6 is 0 Å². The number of amides is 1. The molecule has 1 fully saturated rings. The van der Waals surface area contributed by atoms with Crippen LogP contribution in [0.15, 0.2) is 53.1 Å². The fraction of sp³-hybridized carbons (Fsp3) is 0.450. The molecule has 0 N–H and O–H groups in total. The number of carbonyl (C=O) groups excluding carboxylic acids is 1. The van der Waals surface area contributed by atoms with E-state index in [1.165, 1.54) is 5.56 Å². The Bertz CT molecular complexity index is 624. The molecule has 1 atom stereocenters. The van der Waals surface area contributed by atoms with Gasteiger partial charge in [0.15, 0.2) is 5.76 Å². The van der Waals surface area contributed by atoms with Gasteiger partial charge in [-0.15, -0.1) is 0 Å². The molecule has 0 aliphatic carbocycles. The van der Waals surface area contributed by atoms with Gasteiger partial charge in [-0.3, -0.25) is 4.79 Å². The molecule has 128 valence electrons. The summed E-state index contributed by atoms with van der Waals surface area (Å²) < 4.78 is 5.24. The summed E-state index contributed by atoms with van der Waals surface area (Å²) in [5.41, 5.74) is 1.40. The van der Waals surface area contributed by atoms with Crippen LogP contribution in [0.2, 0.25) is 0 Å². The lowest BCUT2D eigenvalue weighted by molar-refractivity contribution is 0.0729. The summed E-state index contributed by atoms with van der Waals surface area (Å²) in [6, 6.07) is 14.2. The molecule has 4 nitrogen and oxygen atoms in total. The first kappa shape index (κ1) is 16.8. The average molecular weight is 326 g/mol. The van der Waals surface area contributed by atoms with E-state index in [9.17, 15) is 4.79 Å². The molecule has 0 radical (unpaired) electrons. The lowest BCUT2D eigenvalue weighted by Crippen LogP contribution is -2.35. The predicted octanol–water partition coefficient (Wildman–Crippen LogP) is 3.62. The Labute approximate surface area is 144 Å². The van der Waals surface area contributed by atoms with E-state index < -0.39 is 0 Å². The van der Waals surface area contributed by atoms with E-state index >= 15 is 0 Å². The molecule has 1 saturated heterocycles. The molecule has 4 heteroatoms. The van der Waals surface area contributed by atoms with Gasteiger partial charge in [-0.1, -0.05) is 37.3 Å². The molecule has 2 aromatic rings. The molecule has 1 aliphatic heterocycles. The highest BCUT2D eigenvalue weighted by molar-refractivity contribution is 5.91. The first-order valence-electron chi connectivity index (χ1n) is 8.84. The second kappa shape index (κ2) is 8.15. The third-order valence-corrected chi connectivity index (χ3v) is 4.85. The summed E-state index contributed by atoms with van der Waals surface area (Å²) >= 11 is 0. The molecule has 24 heavy (non-hydrogen) atoms. The Morgan fingerprint density at radius 3 is 2.67 bits per heavy atom. The van der Waals surface area contributed by atoms with Gasteiger partial charge in [0.2, 0.25) is 0 Å². The maximum absolute atomic E-state index is 12.4. The molecule has 3 rings (SSSR count). The largest absolute Gasteiger partial charge is 0.459 e. The van der Waals surface area contributed by atoms with Crippen molar-refractivity contribution >= 4 is 5.91 Å². The van der Waals surface area contributed by atoms with E-state index in [1.807, 2.05) is 4.90 Å². The van der Waals surface area contributed by atoms with Crippen molar-refractivity contribution in [2.45, 2.75) is 25.7 Å². The van der Waals surface area contributed by atoms with Crippen LogP contribution in [0, 0.1) is 0 Å². The highest BCUT2D eigenvalue weighted by Crippen LogP contribution is 2.19. The fourth-order valence-electron chi connectivity index (χ4n) is 3.28. The predicted molar refractivity (Wildman–Crippen MR) is 95.1 cm³/mol. The van der Waals surface area contributed by atoms with Crippen LogP contribution in [-0.4, -0.2) is 48.4 Å². The normalized spacial score (nSPS) is 17.5. The van der Waals surface area contributed by atoms with Crippen LogP contribution in [0.5, 0.6) is 0 Å². The molecule has 0 bridgehead atoms. The minimum Gasteiger partial charge on any atom is -0.459 e. The van der Waals surface area contributed by atoms with Crippen molar-refractivity contribution in [3.63, 3.8) is 0 Å². The lowest BCUT2D eigenvalue weighted by Gasteiger charge is -2.23. The maximum Gasteiger partial charge on any atom is 0.289 e. The van der Waals surface area contributed by atoms with Crippen LogP contribution in [-0.2, 0) is 0 Å². The van der Waals surface area contributed by atoms with E-state index in [0.717, 1.165) is 45.6 Å². The highest BCUT2D eigenvalue weighted by atomic mass is 16.3. The van der Waals surface area contributed by atoms with Crippen LogP contribution in [0.4, 0.5) is 0 Å². The Morgan fingerprint density at radius 1 is 1.08 bits per heavy atom. The number of nitrogens with zero attached hydrogens (tertiary/aromatic N) is 2. The summed E-state index contributed by atoms with van der Waals surface area (Å²) in [4.78, 5) is 16.8. The molecule has 1 amide bonds. The summed E-state index contributed by atoms with van der Waals surface area (Å²) in [5, 5.41) is 0. The summed E-state index contributed by atoms with van der Waals surface area (Å²) in [5.74, 6) is 1.02. The molecular formula is C20H26N2O2. The van der Waals surface area contributed by atoms with Gasteiger partial charge in [-0.2, -0.15) is 0 Å². The van der Waals surface area contributed by atoms with Crippen LogP contribution < -0.4 is 0 Å². The fourth-order valence-corrected chi connectivity index (χ4v) is 3.28. The Hall–Kier alpha value is -2.07. The quantitative estimate of drug-likeness (QED) is 0.842. The van der Waals surface area contributed by atoms with Crippen molar-refractivity contribution in [3.8, 4) is 0 Å². The van der Waals surface area contributed by atoms with Gasteiger partial charge in [0.25, 0.3) is 5.91 Å². The number of hydrogen-bond donors (Lipinski definition) is 0. The van der Waals surface area contributed by atoms with Crippen LogP contribution in [0.1, 0.15) is 41.8 Å². The van der Waals surface area contributed by atoms with Crippen molar-refractivity contribution in [1.82, 2.24) is 9.80 Å². The molecule has 1 unspecified atom stereocenters. The zero-order valence-corrected chi connectivity index (χ0v) is 14.4. The van der Waals surface area contributed by atoms with Gasteiger partial charge in [0.1, 0.15) is 0 Å². The van der Waals surface area contributed by atoms with E-state index in [-0.39, 0.29) is 5.91 Å². The molecule has 1 aromatic heterocycles. The van der Waals surface area contributed by atoms with Gasteiger partial charge in [-0.05, 0) is 49.5 Å². The molecule has 0 saturated carbocycles. The van der Waals surface area contributed by atoms with Crippen molar-refractivity contribution in [2.75, 3.05) is 32.7 Å². The average Bonchev–Trinajstić information content (AvgIpc) is 3.06. The summed E-state index contributed by atoms with van der Waals surface area (Å²) in [6.07, 6.45) is 3.73. The van der Waals surface area contributed by atoms with Gasteiger partial charge in [-0.25, -0.2) is 0 Å². The zero-order valence-electron chi connectivity index (χ0n) is 14.4. The maximum atomic E-state index is 12.4. The molecular weight excluding hydrogens is 300 g/mol. The van der Waals surface area contributed by atoms with E-state index in [1.54, 1.807) is 18.4 Å². The van der Waals surface area contributed by atoms with Gasteiger partial charge in [0.05, 0.1) is 6.26 Å². The Balaban J connectivity index is 1.48. The van der Waals surface area contributed by atoms with Gasteiger partial charge < -0.3 is 14.2 Å². The third-order valence-electron chi connectivity index (χ3n) is 4.85. The van der Waals surface area contributed by atoms with E-state index in [0.29, 0.717) is 11.7 Å². The number of rotatable bonds is 5. The third kappa shape index (κ3) is 4.26. The number of carbonyl (C=O) groups is 1. The van der Waals surface area contributed by atoms with Crippen LogP contribution in [0.25, 0.3) is 0 Å². The van der Waals surface area contributed by atoms with E-state index in [2.05, 4.69) is 42.2 Å². The minimum atomic E-state index is 0.0134. The van der Waals surface area contributed by atoms with Crippen molar-refractivity contribution in [1.29, 1.82) is 0 Å². The van der Waals surface area contributed by atoms with Crippen molar-refractivity contribution in [2.24, 2.45) is 0 Å². The molecule has 1 aliphatic rings. The smallest absolute Gasteiger partial charge is 0.289 e. The molecule has 0 spiro atoms. The van der Waals surface area contributed by atoms with Gasteiger partial charge >= 0.3 is 0 Å². The number of furan rings is 1. The Morgan fingerprint density at radius 2 is 1.92 bits per heavy atom. The number of benzene rings is 1. The number of hydrogen-bond acceptors (Lipinski definition) is 3. The minimum absolute atomic E-state index is 0.0134. The monoisotopic (exact) mass is 326 g/mol. The lowest BCUT2D eigenvalue weighted by atomic mass is 9.98. The summed E-state index contributed by atoms with van der Waals surface area (Å²) in [6.45, 7) is 6.96. The summed E-state index contributed by atoms with van der Waals surface area (Å²) in [7, 11) is 0. The van der Waals surface area contributed by atoms with Crippen molar-refractivity contribution < 1.29 is 9.21 Å². The second-order valence-corrected chi connectivity index (χ2v) is 6.57. The second-order valence-electron chi connectivity index (χ2n) is 6.57. The first-order valence-corrected chi connectivity index (χ1v) is 8.84. The first-order chi connectivity index (χ1) is 11.7. The molecule has 2 heterocycles. The SMILES string of the molecule is CC(CCN1CCCN(C(=O)c2ccco2)CC1)c1ccccc1. The van der Waals surface area contributed by atoms with Crippen molar-refractivity contribution in [3.05, 3.63) is 60.1 Å². The standard InChI is InChI=1S/C20H26N2O2/c1-17(18-7-3-2-4-8-18)10-13-21-11-6-12-22(15-14-21)20(23)19-9-5-16-24-19/h2-5,7-9,16-17H,6,10-15H2,1H3. The topological polar surface area (TPSA) is 36.7 Å². The van der Waals surface area contributed by atoms with Gasteiger partial charge in [0, 0.05) is 19.6 Å². The Kier molecular flexibility index (Phi) is 5.70. The zero-order chi connectivity index (χ0) is 16.8.